The van der Waals surface area contributed by atoms with E-state index < -0.39 is 0 Å². The molecule has 1 aliphatic rings. The van der Waals surface area contributed by atoms with Crippen LogP contribution in [0.15, 0.2) is 70.5 Å². The number of Topliss-reactive ketones (excluding diaryl/α,β-unsaturated/α-hetero) is 1. The van der Waals surface area contributed by atoms with E-state index in [2.05, 4.69) is 0 Å². The topological polar surface area (TPSA) is 80.7 Å². The van der Waals surface area contributed by atoms with Crippen LogP contribution in [0.5, 0.6) is 0 Å². The van der Waals surface area contributed by atoms with Crippen molar-refractivity contribution in [3.05, 3.63) is 86.8 Å². The van der Waals surface area contributed by atoms with Crippen molar-refractivity contribution in [2.75, 3.05) is 16.7 Å². The molecule has 2 aromatic rings. The largest absolute Gasteiger partial charge is 0.733 e. The Hall–Kier alpha value is -2.32. The molecule has 1 aliphatic heterocycles. The van der Waals surface area contributed by atoms with Gasteiger partial charge in [0.2, 0.25) is 0 Å². The first-order valence-corrected chi connectivity index (χ1v) is 10.1. The van der Waals surface area contributed by atoms with Gasteiger partial charge < -0.3 is 10.4 Å². The zero-order valence-corrected chi connectivity index (χ0v) is 15.8. The third kappa shape index (κ3) is 4.90. The van der Waals surface area contributed by atoms with E-state index in [9.17, 15) is 14.8 Å². The molecule has 1 saturated heterocycles. The smallest absolute Gasteiger partial charge is 0.198 e. The van der Waals surface area contributed by atoms with Gasteiger partial charge in [0.25, 0.3) is 0 Å². The molecular weight excluding hydrogens is 382 g/mol. The summed E-state index contributed by atoms with van der Waals surface area (Å²) in [6.07, 6.45) is 2.85. The first-order valence-electron chi connectivity index (χ1n) is 8.14. The summed E-state index contributed by atoms with van der Waals surface area (Å²) >= 11 is 3.03. The second-order valence-electron chi connectivity index (χ2n) is 5.62. The van der Waals surface area contributed by atoms with Gasteiger partial charge in [-0.1, -0.05) is 48.5 Å². The Kier molecular flexibility index (Phi) is 6.52. The van der Waals surface area contributed by atoms with E-state index in [1.807, 2.05) is 6.07 Å². The second-order valence-corrected chi connectivity index (χ2v) is 8.09. The van der Waals surface area contributed by atoms with Crippen LogP contribution >= 0.6 is 23.5 Å². The Balaban J connectivity index is 1.89. The number of allylic oxidation sites excluding steroid dienone is 2. The van der Waals surface area contributed by atoms with E-state index in [-0.39, 0.29) is 28.1 Å². The minimum Gasteiger partial charge on any atom is -0.733 e. The van der Waals surface area contributed by atoms with Gasteiger partial charge in [-0.3, -0.25) is 14.8 Å². The van der Waals surface area contributed by atoms with Crippen molar-refractivity contribution in [2.24, 2.45) is 0 Å². The first kappa shape index (κ1) is 19.4. The zero-order valence-electron chi connectivity index (χ0n) is 14.2. The number of anilines is 1. The molecule has 0 aliphatic carbocycles. The van der Waals surface area contributed by atoms with Crippen LogP contribution in [0.25, 0.3) is 6.08 Å². The molecule has 138 valence electrons. The van der Waals surface area contributed by atoms with Gasteiger partial charge in [-0.05, 0) is 23.8 Å². The van der Waals surface area contributed by atoms with Gasteiger partial charge in [-0.15, -0.1) is 23.5 Å². The number of ketones is 2. The molecule has 0 aromatic heterocycles. The highest BCUT2D eigenvalue weighted by atomic mass is 32.2. The summed E-state index contributed by atoms with van der Waals surface area (Å²) < 4.78 is 0.744. The fourth-order valence-electron chi connectivity index (χ4n) is 2.50. The van der Waals surface area contributed by atoms with Crippen LogP contribution in [0.1, 0.15) is 15.9 Å². The van der Waals surface area contributed by atoms with Gasteiger partial charge in [-0.25, -0.2) is 0 Å². The zero-order chi connectivity index (χ0) is 19.2. The highest BCUT2D eigenvalue weighted by Crippen LogP contribution is 2.40. The highest BCUT2D eigenvalue weighted by molar-refractivity contribution is 8.25. The van der Waals surface area contributed by atoms with Crippen molar-refractivity contribution in [3.8, 4) is 0 Å². The number of carbonyl (C=O) groups is 2. The predicted molar refractivity (Wildman–Crippen MR) is 111 cm³/mol. The fraction of sp³-hybridized carbons (Fsp3) is 0.100. The lowest BCUT2D eigenvalue weighted by molar-refractivity contribution is -0.111. The van der Waals surface area contributed by atoms with Crippen LogP contribution in [0, 0.1) is 5.21 Å². The third-order valence-electron chi connectivity index (χ3n) is 3.78. The maximum Gasteiger partial charge on any atom is 0.198 e. The minimum absolute atomic E-state index is 0.0606. The van der Waals surface area contributed by atoms with Crippen molar-refractivity contribution >= 4 is 46.9 Å². The highest BCUT2D eigenvalue weighted by Gasteiger charge is 2.25. The number of hydrogen-bond acceptors (Lipinski definition) is 7. The molecule has 0 saturated carbocycles. The van der Waals surface area contributed by atoms with Gasteiger partial charge in [0, 0.05) is 17.1 Å². The maximum atomic E-state index is 12.9. The summed E-state index contributed by atoms with van der Waals surface area (Å²) in [5.41, 5.74) is 1.28. The Bertz CT molecular complexity index is 899. The molecule has 1 fully saturated rings. The monoisotopic (exact) mass is 398 g/mol. The van der Waals surface area contributed by atoms with E-state index in [0.29, 0.717) is 11.1 Å². The number of benzene rings is 2. The molecule has 0 amide bonds. The SMILES string of the molecule is O=C(C=Cc1cccc(N([O-])O)c1)C(C(=O)c1ccccc1)=C1SCCS1. The first-order chi connectivity index (χ1) is 13.1. The molecule has 0 spiro atoms. The van der Waals surface area contributed by atoms with E-state index in [1.54, 1.807) is 36.4 Å². The molecule has 0 bridgehead atoms. The molecule has 1 N–H and O–H groups in total. The standard InChI is InChI=1S/C20H16NO4S2/c22-17(10-9-14-5-4-8-16(13-14)21(24)25)18(20-26-11-12-27-20)19(23)15-6-2-1-3-7-15/h1-10,13,24H,11-12H2/q-1. The number of carbonyl (C=O) groups excluding carboxylic acids is 2. The van der Waals surface area contributed by atoms with Crippen molar-refractivity contribution in [3.63, 3.8) is 0 Å². The summed E-state index contributed by atoms with van der Waals surface area (Å²) in [5.74, 6) is 1.05. The summed E-state index contributed by atoms with van der Waals surface area (Å²) in [6, 6.07) is 14.9. The Morgan fingerprint density at radius 3 is 2.41 bits per heavy atom. The quantitative estimate of drug-likeness (QED) is 0.252. The lowest BCUT2D eigenvalue weighted by atomic mass is 10.0. The normalized spacial score (nSPS) is 13.8. The number of thioether (sulfide) groups is 2. The molecule has 5 nitrogen and oxygen atoms in total. The lowest BCUT2D eigenvalue weighted by Crippen LogP contribution is -2.12. The Morgan fingerprint density at radius 2 is 1.74 bits per heavy atom. The van der Waals surface area contributed by atoms with Crippen LogP contribution in [-0.4, -0.2) is 28.3 Å². The van der Waals surface area contributed by atoms with Gasteiger partial charge in [0.05, 0.1) is 15.5 Å². The number of rotatable bonds is 6. The van der Waals surface area contributed by atoms with Gasteiger partial charge in [0.15, 0.2) is 11.6 Å². The van der Waals surface area contributed by atoms with Crippen LogP contribution in [0.4, 0.5) is 5.69 Å². The van der Waals surface area contributed by atoms with Crippen LogP contribution in [-0.2, 0) is 4.79 Å². The summed E-state index contributed by atoms with van der Waals surface area (Å²) in [4.78, 5) is 25.7. The molecule has 27 heavy (non-hydrogen) atoms. The Morgan fingerprint density at radius 1 is 1.04 bits per heavy atom. The predicted octanol–water partition coefficient (Wildman–Crippen LogP) is 4.54. The summed E-state index contributed by atoms with van der Waals surface area (Å²) in [6.45, 7) is 0. The average molecular weight is 398 g/mol. The van der Waals surface area contributed by atoms with Crippen molar-refractivity contribution in [2.45, 2.75) is 0 Å². The van der Waals surface area contributed by atoms with Gasteiger partial charge in [0.1, 0.15) is 0 Å². The van der Waals surface area contributed by atoms with Crippen molar-refractivity contribution in [1.82, 2.24) is 0 Å². The van der Waals surface area contributed by atoms with Crippen molar-refractivity contribution < 1.29 is 14.8 Å². The van der Waals surface area contributed by atoms with Gasteiger partial charge in [-0.2, -0.15) is 0 Å². The number of hydrogen-bond donors (Lipinski definition) is 1. The third-order valence-corrected chi connectivity index (χ3v) is 6.50. The molecule has 3 rings (SSSR count). The van der Waals surface area contributed by atoms with Gasteiger partial charge >= 0.3 is 0 Å². The summed E-state index contributed by atoms with van der Waals surface area (Å²) in [7, 11) is 0. The summed E-state index contributed by atoms with van der Waals surface area (Å²) in [5, 5.41) is 19.7. The van der Waals surface area contributed by atoms with E-state index >= 15 is 0 Å². The van der Waals surface area contributed by atoms with E-state index in [4.69, 9.17) is 5.21 Å². The van der Waals surface area contributed by atoms with Crippen LogP contribution < -0.4 is 5.23 Å². The molecule has 0 atom stereocenters. The van der Waals surface area contributed by atoms with Crippen molar-refractivity contribution in [1.29, 1.82) is 0 Å². The molecule has 2 aromatic carbocycles. The van der Waals surface area contributed by atoms with E-state index in [1.165, 1.54) is 47.8 Å². The van der Waals surface area contributed by atoms with Crippen LogP contribution in [0.2, 0.25) is 0 Å². The Labute approximate surface area is 165 Å². The second kappa shape index (κ2) is 9.05. The minimum atomic E-state index is -0.380. The molecular formula is C20H16NO4S2-. The van der Waals surface area contributed by atoms with Crippen LogP contribution in [0.3, 0.4) is 0 Å². The molecule has 7 heteroatoms. The van der Waals surface area contributed by atoms with E-state index in [0.717, 1.165) is 15.7 Å². The fourth-order valence-corrected chi connectivity index (χ4v) is 5.04. The molecule has 0 radical (unpaired) electrons. The molecule has 0 unspecified atom stereocenters. The number of nitrogens with zero attached hydrogens (tertiary/aromatic N) is 1. The lowest BCUT2D eigenvalue weighted by Gasteiger charge is -2.21. The molecule has 1 heterocycles. The average Bonchev–Trinajstić information content (AvgIpc) is 3.21. The maximum absolute atomic E-state index is 12.9.